The molecule has 1 aromatic carbocycles. The van der Waals surface area contributed by atoms with Crippen LogP contribution in [0.4, 0.5) is 4.39 Å². The Morgan fingerprint density at radius 1 is 1.23 bits per heavy atom. The summed E-state index contributed by atoms with van der Waals surface area (Å²) in [6, 6.07) is 3.47. The van der Waals surface area contributed by atoms with Crippen LogP contribution in [0.1, 0.15) is 45.5 Å². The lowest BCUT2D eigenvalue weighted by Crippen LogP contribution is -2.41. The van der Waals surface area contributed by atoms with E-state index >= 15 is 0 Å². The Kier molecular flexibility index (Phi) is 4.84. The highest BCUT2D eigenvalue weighted by atomic mass is 32.2. The van der Waals surface area contributed by atoms with Crippen LogP contribution in [-0.4, -0.2) is 50.7 Å². The Morgan fingerprint density at radius 2 is 1.88 bits per heavy atom. The highest BCUT2D eigenvalue weighted by molar-refractivity contribution is 7.89. The predicted octanol–water partition coefficient (Wildman–Crippen LogP) is 1.45. The van der Waals surface area contributed by atoms with Crippen molar-refractivity contribution in [2.45, 2.75) is 56.1 Å². The van der Waals surface area contributed by atoms with Gasteiger partial charge in [-0.3, -0.25) is 0 Å². The summed E-state index contributed by atoms with van der Waals surface area (Å²) >= 11 is 0. The molecule has 1 saturated heterocycles. The maximum atomic E-state index is 13.2. The molecule has 0 aliphatic carbocycles. The van der Waals surface area contributed by atoms with E-state index in [9.17, 15) is 17.9 Å². The molecule has 0 bridgehead atoms. The summed E-state index contributed by atoms with van der Waals surface area (Å²) in [5.74, 6) is -0.0866. The molecule has 1 fully saturated rings. The van der Waals surface area contributed by atoms with Gasteiger partial charge < -0.3 is 5.11 Å². The topological polar surface area (TPSA) is 101 Å². The van der Waals surface area contributed by atoms with E-state index in [1.54, 1.807) is 4.68 Å². The fraction of sp³-hybridized carbons (Fsp3) is 0.562. The number of aliphatic hydroxyl groups is 1. The van der Waals surface area contributed by atoms with E-state index in [-0.39, 0.29) is 11.5 Å². The molecular formula is C16H22FN5O3S. The van der Waals surface area contributed by atoms with Gasteiger partial charge in [-0.25, -0.2) is 17.5 Å². The van der Waals surface area contributed by atoms with Crippen LogP contribution in [0.5, 0.6) is 0 Å². The van der Waals surface area contributed by atoms with Crippen molar-refractivity contribution >= 4 is 10.0 Å². The van der Waals surface area contributed by atoms with Crippen LogP contribution in [0.25, 0.3) is 0 Å². The molecule has 0 spiro atoms. The summed E-state index contributed by atoms with van der Waals surface area (Å²) in [6.45, 7) is 5.45. The summed E-state index contributed by atoms with van der Waals surface area (Å²) < 4.78 is 42.5. The van der Waals surface area contributed by atoms with E-state index in [1.165, 1.54) is 16.4 Å². The second-order valence-electron chi connectivity index (χ2n) is 7.34. The van der Waals surface area contributed by atoms with Crippen LogP contribution in [0.3, 0.4) is 0 Å². The van der Waals surface area contributed by atoms with Gasteiger partial charge in [-0.15, -0.1) is 5.10 Å². The van der Waals surface area contributed by atoms with Crippen molar-refractivity contribution in [3.8, 4) is 0 Å². The third-order valence-corrected chi connectivity index (χ3v) is 6.44. The van der Waals surface area contributed by atoms with Crippen molar-refractivity contribution in [3.63, 3.8) is 0 Å². The van der Waals surface area contributed by atoms with Crippen LogP contribution >= 0.6 is 0 Å². The van der Waals surface area contributed by atoms with Crippen molar-refractivity contribution < 1.29 is 17.9 Å². The third kappa shape index (κ3) is 3.24. The van der Waals surface area contributed by atoms with Crippen LogP contribution in [0.15, 0.2) is 29.2 Å². The number of halogens is 1. The first-order valence-electron chi connectivity index (χ1n) is 8.35. The molecule has 2 heterocycles. The SMILES string of the molecule is CC(C)(C)n1nnnc1[C@@H]1CC[C@@H](CO)N1S(=O)(=O)c1ccc(F)cc1. The number of aromatic nitrogens is 4. The van der Waals surface area contributed by atoms with Crippen LogP contribution in [0, 0.1) is 5.82 Å². The van der Waals surface area contributed by atoms with Gasteiger partial charge in [0.25, 0.3) is 0 Å². The third-order valence-electron chi connectivity index (χ3n) is 4.47. The Labute approximate surface area is 151 Å². The number of sulfonamides is 1. The van der Waals surface area contributed by atoms with E-state index in [1.807, 2.05) is 20.8 Å². The van der Waals surface area contributed by atoms with Gasteiger partial charge in [-0.1, -0.05) is 0 Å². The van der Waals surface area contributed by atoms with Gasteiger partial charge in [0.05, 0.1) is 23.1 Å². The minimum Gasteiger partial charge on any atom is -0.395 e. The van der Waals surface area contributed by atoms with Crippen molar-refractivity contribution in [3.05, 3.63) is 35.9 Å². The molecule has 0 saturated carbocycles. The second-order valence-corrected chi connectivity index (χ2v) is 9.18. The molecule has 2 atom stereocenters. The van der Waals surface area contributed by atoms with Gasteiger partial charge in [-0.2, -0.15) is 4.31 Å². The summed E-state index contributed by atoms with van der Waals surface area (Å²) in [6.07, 6.45) is 0.973. The lowest BCUT2D eigenvalue weighted by atomic mass is 10.1. The number of hydrogen-bond acceptors (Lipinski definition) is 6. The fourth-order valence-corrected chi connectivity index (χ4v) is 5.07. The number of aliphatic hydroxyl groups excluding tert-OH is 1. The largest absolute Gasteiger partial charge is 0.395 e. The Bertz CT molecular complexity index is 876. The molecule has 0 radical (unpaired) electrons. The zero-order valence-electron chi connectivity index (χ0n) is 14.9. The van der Waals surface area contributed by atoms with Crippen LogP contribution in [0.2, 0.25) is 0 Å². The number of benzene rings is 1. The number of tetrazole rings is 1. The molecule has 8 nitrogen and oxygen atoms in total. The van der Waals surface area contributed by atoms with Crippen molar-refractivity contribution in [2.75, 3.05) is 6.61 Å². The summed E-state index contributed by atoms with van der Waals surface area (Å²) in [5.41, 5.74) is -0.429. The van der Waals surface area contributed by atoms with Gasteiger partial charge >= 0.3 is 0 Å². The molecule has 1 N–H and O–H groups in total. The Balaban J connectivity index is 2.07. The van der Waals surface area contributed by atoms with Crippen molar-refractivity contribution in [1.82, 2.24) is 24.5 Å². The van der Waals surface area contributed by atoms with E-state index in [2.05, 4.69) is 15.5 Å². The summed E-state index contributed by atoms with van der Waals surface area (Å²) in [5, 5.41) is 21.5. The van der Waals surface area contributed by atoms with Crippen molar-refractivity contribution in [2.24, 2.45) is 0 Å². The molecule has 26 heavy (non-hydrogen) atoms. The summed E-state index contributed by atoms with van der Waals surface area (Å²) in [7, 11) is -3.96. The van der Waals surface area contributed by atoms with E-state index in [4.69, 9.17) is 0 Å². The Morgan fingerprint density at radius 3 is 2.46 bits per heavy atom. The number of hydrogen-bond donors (Lipinski definition) is 1. The first-order valence-corrected chi connectivity index (χ1v) is 9.79. The minimum atomic E-state index is -3.96. The highest BCUT2D eigenvalue weighted by Gasteiger charge is 2.45. The van der Waals surface area contributed by atoms with Gasteiger partial charge in [0.15, 0.2) is 5.82 Å². The Hall–Kier alpha value is -1.91. The van der Waals surface area contributed by atoms with Gasteiger partial charge in [-0.05, 0) is 68.3 Å². The van der Waals surface area contributed by atoms with Crippen LogP contribution in [-0.2, 0) is 15.6 Å². The molecule has 142 valence electrons. The zero-order chi connectivity index (χ0) is 19.1. The van der Waals surface area contributed by atoms with E-state index in [0.717, 1.165) is 12.1 Å². The molecule has 0 unspecified atom stereocenters. The summed E-state index contributed by atoms with van der Waals surface area (Å²) in [4.78, 5) is -0.0287. The predicted molar refractivity (Wildman–Crippen MR) is 91.1 cm³/mol. The average Bonchev–Trinajstić information content (AvgIpc) is 3.21. The smallest absolute Gasteiger partial charge is 0.244 e. The van der Waals surface area contributed by atoms with Gasteiger partial charge in [0.1, 0.15) is 5.82 Å². The molecule has 1 aliphatic heterocycles. The quantitative estimate of drug-likeness (QED) is 0.858. The molecule has 1 aliphatic rings. The lowest BCUT2D eigenvalue weighted by molar-refractivity contribution is 0.191. The van der Waals surface area contributed by atoms with E-state index in [0.29, 0.717) is 18.7 Å². The average molecular weight is 383 g/mol. The standard InChI is InChI=1S/C16H22FN5O3S/c1-16(2,3)22-15(18-19-20-22)14-9-6-12(10-23)21(14)26(24,25)13-7-4-11(17)5-8-13/h4-5,7-8,12,14,23H,6,9-10H2,1-3H3/t12-,14-/m0/s1. The van der Waals surface area contributed by atoms with Gasteiger partial charge in [0.2, 0.25) is 10.0 Å². The normalized spacial score (nSPS) is 22.0. The highest BCUT2D eigenvalue weighted by Crippen LogP contribution is 2.40. The molecule has 0 amide bonds. The second kappa shape index (κ2) is 6.67. The molecular weight excluding hydrogens is 361 g/mol. The van der Waals surface area contributed by atoms with E-state index < -0.39 is 33.5 Å². The maximum Gasteiger partial charge on any atom is 0.244 e. The first-order chi connectivity index (χ1) is 12.2. The molecule has 3 rings (SSSR count). The van der Waals surface area contributed by atoms with Gasteiger partial charge in [0, 0.05) is 6.04 Å². The molecule has 2 aromatic rings. The first kappa shape index (κ1) is 18.9. The fourth-order valence-electron chi connectivity index (χ4n) is 3.25. The lowest BCUT2D eigenvalue weighted by Gasteiger charge is -2.29. The zero-order valence-corrected chi connectivity index (χ0v) is 15.7. The van der Waals surface area contributed by atoms with Crippen molar-refractivity contribution in [1.29, 1.82) is 0 Å². The number of rotatable bonds is 4. The molecule has 10 heteroatoms. The minimum absolute atomic E-state index is 0.0287. The van der Waals surface area contributed by atoms with Crippen LogP contribution < -0.4 is 0 Å². The monoisotopic (exact) mass is 383 g/mol. The molecule has 1 aromatic heterocycles. The maximum absolute atomic E-state index is 13.2. The number of nitrogens with zero attached hydrogens (tertiary/aromatic N) is 5.